The van der Waals surface area contributed by atoms with Gasteiger partial charge in [0.25, 0.3) is 5.91 Å². The fourth-order valence-electron chi connectivity index (χ4n) is 2.62. The van der Waals surface area contributed by atoms with E-state index >= 15 is 0 Å². The molecule has 2 aromatic carbocycles. The van der Waals surface area contributed by atoms with Crippen molar-refractivity contribution in [3.63, 3.8) is 0 Å². The number of ketones is 1. The highest BCUT2D eigenvalue weighted by atomic mass is 16.5. The Balaban J connectivity index is 1.90. The molecule has 0 aromatic heterocycles. The highest BCUT2D eigenvalue weighted by Gasteiger charge is 2.12. The van der Waals surface area contributed by atoms with Crippen LogP contribution in [0.25, 0.3) is 0 Å². The molecule has 0 aliphatic heterocycles. The van der Waals surface area contributed by atoms with E-state index in [-0.39, 0.29) is 5.78 Å². The molecule has 1 N–H and O–H groups in total. The minimum Gasteiger partial charge on any atom is -0.452 e. The smallest absolute Gasteiger partial charge is 0.338 e. The molecule has 142 valence electrons. The van der Waals surface area contributed by atoms with Gasteiger partial charge in [-0.15, -0.1) is 0 Å². The van der Waals surface area contributed by atoms with E-state index in [0.717, 1.165) is 18.8 Å². The van der Waals surface area contributed by atoms with E-state index < -0.39 is 18.5 Å². The van der Waals surface area contributed by atoms with Crippen molar-refractivity contribution < 1.29 is 19.1 Å². The normalized spacial score (nSPS) is 10.2. The lowest BCUT2D eigenvalue weighted by molar-refractivity contribution is -0.119. The van der Waals surface area contributed by atoms with Crippen molar-refractivity contribution >= 4 is 29.0 Å². The van der Waals surface area contributed by atoms with Crippen molar-refractivity contribution in [1.29, 1.82) is 0 Å². The lowest BCUT2D eigenvalue weighted by Crippen LogP contribution is -2.22. The number of carbonyl (C=O) groups excluding carboxylic acids is 3. The van der Waals surface area contributed by atoms with E-state index in [2.05, 4.69) is 24.1 Å². The second-order valence-corrected chi connectivity index (χ2v) is 5.98. The van der Waals surface area contributed by atoms with Crippen LogP contribution in [0.2, 0.25) is 0 Å². The number of Topliss-reactive ketones (excluding diaryl/α,β-unsaturated/α-hetero) is 1. The lowest BCUT2D eigenvalue weighted by Gasteiger charge is -2.20. The number of benzene rings is 2. The maximum Gasteiger partial charge on any atom is 0.338 e. The molecular formula is C21H24N2O4. The average molecular weight is 368 g/mol. The molecule has 2 rings (SSSR count). The molecule has 0 aliphatic rings. The van der Waals surface area contributed by atoms with Gasteiger partial charge in [-0.1, -0.05) is 12.1 Å². The number of ether oxygens (including phenoxy) is 1. The van der Waals surface area contributed by atoms with E-state index in [1.165, 1.54) is 6.92 Å². The summed E-state index contributed by atoms with van der Waals surface area (Å²) in [5.74, 6) is -1.12. The molecule has 0 spiro atoms. The topological polar surface area (TPSA) is 75.7 Å². The SMILES string of the molecule is CCN(CC)c1ccc(C(=O)OCC(=O)Nc2cccc(C(C)=O)c2)cc1. The predicted molar refractivity (Wildman–Crippen MR) is 105 cm³/mol. The summed E-state index contributed by atoms with van der Waals surface area (Å²) in [6, 6.07) is 13.7. The summed E-state index contributed by atoms with van der Waals surface area (Å²) in [7, 11) is 0. The van der Waals surface area contributed by atoms with Crippen molar-refractivity contribution in [2.75, 3.05) is 29.9 Å². The molecule has 0 fully saturated rings. The maximum atomic E-state index is 12.1. The second-order valence-electron chi connectivity index (χ2n) is 5.98. The maximum absolute atomic E-state index is 12.1. The molecule has 1 amide bonds. The van der Waals surface area contributed by atoms with Gasteiger partial charge >= 0.3 is 5.97 Å². The van der Waals surface area contributed by atoms with Crippen molar-refractivity contribution in [2.45, 2.75) is 20.8 Å². The number of esters is 1. The van der Waals surface area contributed by atoms with Crippen LogP contribution in [-0.4, -0.2) is 37.4 Å². The van der Waals surface area contributed by atoms with Crippen LogP contribution in [-0.2, 0) is 9.53 Å². The Morgan fingerprint density at radius 2 is 1.63 bits per heavy atom. The summed E-state index contributed by atoms with van der Waals surface area (Å²) >= 11 is 0. The monoisotopic (exact) mass is 368 g/mol. The molecule has 0 heterocycles. The minimum atomic E-state index is -0.561. The van der Waals surface area contributed by atoms with Crippen LogP contribution in [0.4, 0.5) is 11.4 Å². The summed E-state index contributed by atoms with van der Waals surface area (Å²) in [4.78, 5) is 37.6. The zero-order valence-corrected chi connectivity index (χ0v) is 15.8. The van der Waals surface area contributed by atoms with E-state index in [1.807, 2.05) is 12.1 Å². The molecule has 0 bridgehead atoms. The van der Waals surface area contributed by atoms with Crippen LogP contribution in [0, 0.1) is 0 Å². The molecule has 0 unspecified atom stereocenters. The Morgan fingerprint density at radius 1 is 0.963 bits per heavy atom. The third kappa shape index (κ3) is 5.67. The third-order valence-electron chi connectivity index (χ3n) is 4.12. The van der Waals surface area contributed by atoms with Crippen LogP contribution in [0.1, 0.15) is 41.5 Å². The van der Waals surface area contributed by atoms with E-state index in [9.17, 15) is 14.4 Å². The summed E-state index contributed by atoms with van der Waals surface area (Å²) in [6.07, 6.45) is 0. The summed E-state index contributed by atoms with van der Waals surface area (Å²) in [5.41, 5.74) is 2.39. The molecule has 0 atom stereocenters. The standard InChI is InChI=1S/C21H24N2O4/c1-4-23(5-2)19-11-9-16(10-12-19)21(26)27-14-20(25)22-18-8-6-7-17(13-18)15(3)24/h6-13H,4-5,14H2,1-3H3,(H,22,25). The first-order valence-electron chi connectivity index (χ1n) is 8.87. The first-order chi connectivity index (χ1) is 12.9. The third-order valence-corrected chi connectivity index (χ3v) is 4.12. The molecule has 0 aliphatic carbocycles. The highest BCUT2D eigenvalue weighted by molar-refractivity contribution is 5.98. The van der Waals surface area contributed by atoms with E-state index in [4.69, 9.17) is 4.74 Å². The zero-order valence-electron chi connectivity index (χ0n) is 15.8. The van der Waals surface area contributed by atoms with Gasteiger partial charge < -0.3 is 15.0 Å². The Labute approximate surface area is 159 Å². The van der Waals surface area contributed by atoms with E-state index in [1.54, 1.807) is 36.4 Å². The second kappa shape index (κ2) is 9.52. The van der Waals surface area contributed by atoms with Crippen molar-refractivity contribution in [3.8, 4) is 0 Å². The van der Waals surface area contributed by atoms with Gasteiger partial charge in [-0.2, -0.15) is 0 Å². The number of anilines is 2. The Kier molecular flexibility index (Phi) is 7.11. The minimum absolute atomic E-state index is 0.0920. The van der Waals surface area contributed by atoms with Crippen molar-refractivity contribution in [3.05, 3.63) is 59.7 Å². The largest absolute Gasteiger partial charge is 0.452 e. The number of hydrogen-bond donors (Lipinski definition) is 1. The number of carbonyl (C=O) groups is 3. The van der Waals surface area contributed by atoms with Gasteiger partial charge in [0.05, 0.1) is 5.56 Å². The summed E-state index contributed by atoms with van der Waals surface area (Å²) in [6.45, 7) is 6.94. The zero-order chi connectivity index (χ0) is 19.8. The Bertz CT molecular complexity index is 811. The fraction of sp³-hybridized carbons (Fsp3) is 0.286. The number of hydrogen-bond acceptors (Lipinski definition) is 5. The summed E-state index contributed by atoms with van der Waals surface area (Å²) in [5, 5.41) is 2.61. The molecule has 6 nitrogen and oxygen atoms in total. The van der Waals surface area contributed by atoms with Crippen LogP contribution >= 0.6 is 0 Å². The molecular weight excluding hydrogens is 344 g/mol. The highest BCUT2D eigenvalue weighted by Crippen LogP contribution is 2.15. The average Bonchev–Trinajstić information content (AvgIpc) is 2.68. The quantitative estimate of drug-likeness (QED) is 0.570. The van der Waals surface area contributed by atoms with Gasteiger partial charge in [-0.25, -0.2) is 4.79 Å². The number of nitrogens with one attached hydrogen (secondary N) is 1. The Morgan fingerprint density at radius 3 is 2.22 bits per heavy atom. The molecule has 0 saturated carbocycles. The Hall–Kier alpha value is -3.15. The van der Waals surface area contributed by atoms with Gasteiger partial charge in [0.15, 0.2) is 12.4 Å². The molecule has 2 aromatic rings. The van der Waals surface area contributed by atoms with Gasteiger partial charge in [-0.3, -0.25) is 9.59 Å². The number of amides is 1. The van der Waals surface area contributed by atoms with Crippen LogP contribution in [0.15, 0.2) is 48.5 Å². The van der Waals surface area contributed by atoms with Gasteiger partial charge in [0, 0.05) is 30.0 Å². The number of rotatable bonds is 8. The van der Waals surface area contributed by atoms with E-state index in [0.29, 0.717) is 16.8 Å². The number of nitrogens with zero attached hydrogens (tertiary/aromatic N) is 1. The van der Waals surface area contributed by atoms with Crippen LogP contribution < -0.4 is 10.2 Å². The molecule has 27 heavy (non-hydrogen) atoms. The van der Waals surface area contributed by atoms with Crippen LogP contribution in [0.5, 0.6) is 0 Å². The lowest BCUT2D eigenvalue weighted by atomic mass is 10.1. The van der Waals surface area contributed by atoms with Gasteiger partial charge in [0.1, 0.15) is 0 Å². The van der Waals surface area contributed by atoms with Gasteiger partial charge in [-0.05, 0) is 57.2 Å². The molecule has 6 heteroatoms. The fourth-order valence-corrected chi connectivity index (χ4v) is 2.62. The first kappa shape index (κ1) is 20.2. The summed E-state index contributed by atoms with van der Waals surface area (Å²) < 4.78 is 5.06. The van der Waals surface area contributed by atoms with Crippen LogP contribution in [0.3, 0.4) is 0 Å². The van der Waals surface area contributed by atoms with Crippen molar-refractivity contribution in [1.82, 2.24) is 0 Å². The van der Waals surface area contributed by atoms with Gasteiger partial charge in [0.2, 0.25) is 0 Å². The molecule has 0 radical (unpaired) electrons. The first-order valence-corrected chi connectivity index (χ1v) is 8.87. The predicted octanol–water partition coefficient (Wildman–Crippen LogP) is 3.53. The van der Waals surface area contributed by atoms with Crippen molar-refractivity contribution in [2.24, 2.45) is 0 Å². The molecule has 0 saturated heterocycles.